The van der Waals surface area contributed by atoms with Gasteiger partial charge in [-0.05, 0) is 31.1 Å². The van der Waals surface area contributed by atoms with Crippen LogP contribution < -0.4 is 0 Å². The van der Waals surface area contributed by atoms with E-state index in [-0.39, 0.29) is 0 Å². The quantitative estimate of drug-likeness (QED) is 0.527. The zero-order valence-electron chi connectivity index (χ0n) is 7.52. The van der Waals surface area contributed by atoms with E-state index in [9.17, 15) is 5.11 Å². The van der Waals surface area contributed by atoms with E-state index < -0.39 is 5.60 Å². The van der Waals surface area contributed by atoms with E-state index in [1.165, 1.54) is 5.57 Å². The van der Waals surface area contributed by atoms with Crippen molar-refractivity contribution >= 4 is 0 Å². The first-order chi connectivity index (χ1) is 4.94. The standard InChI is InChI=1S/C10H16O/c1-7-4-9(2,3)8-6-10(8,11)5-7/h5,8,11H,4,6H2,1-3H3. The van der Waals surface area contributed by atoms with Gasteiger partial charge in [-0.25, -0.2) is 0 Å². The molecule has 1 fully saturated rings. The van der Waals surface area contributed by atoms with Crippen molar-refractivity contribution in [2.75, 3.05) is 0 Å². The van der Waals surface area contributed by atoms with Gasteiger partial charge in [-0.3, -0.25) is 0 Å². The van der Waals surface area contributed by atoms with E-state index in [0.717, 1.165) is 12.8 Å². The van der Waals surface area contributed by atoms with Crippen LogP contribution in [0.15, 0.2) is 11.6 Å². The molecule has 0 aromatic heterocycles. The minimum Gasteiger partial charge on any atom is -0.385 e. The zero-order chi connectivity index (χ0) is 8.28. The molecule has 2 aliphatic rings. The second-order valence-electron chi connectivity index (χ2n) is 4.90. The van der Waals surface area contributed by atoms with Crippen molar-refractivity contribution in [2.45, 2.75) is 39.2 Å². The molecular formula is C10H16O. The van der Waals surface area contributed by atoms with Crippen LogP contribution in [0.5, 0.6) is 0 Å². The zero-order valence-corrected chi connectivity index (χ0v) is 7.52. The molecule has 11 heavy (non-hydrogen) atoms. The van der Waals surface area contributed by atoms with E-state index in [1.807, 2.05) is 0 Å². The van der Waals surface area contributed by atoms with Crippen molar-refractivity contribution in [1.82, 2.24) is 0 Å². The van der Waals surface area contributed by atoms with E-state index >= 15 is 0 Å². The fraction of sp³-hybridized carbons (Fsp3) is 0.800. The van der Waals surface area contributed by atoms with Crippen LogP contribution in [0.3, 0.4) is 0 Å². The molecule has 1 saturated carbocycles. The summed E-state index contributed by atoms with van der Waals surface area (Å²) < 4.78 is 0. The van der Waals surface area contributed by atoms with Crippen LogP contribution in [0.2, 0.25) is 0 Å². The molecule has 2 aliphatic carbocycles. The molecule has 0 radical (unpaired) electrons. The smallest absolute Gasteiger partial charge is 0.0868 e. The first kappa shape index (κ1) is 7.35. The molecule has 2 rings (SSSR count). The van der Waals surface area contributed by atoms with Crippen molar-refractivity contribution in [3.8, 4) is 0 Å². The van der Waals surface area contributed by atoms with Gasteiger partial charge < -0.3 is 5.11 Å². The molecule has 0 heterocycles. The topological polar surface area (TPSA) is 20.2 Å². The summed E-state index contributed by atoms with van der Waals surface area (Å²) in [4.78, 5) is 0. The maximum atomic E-state index is 9.88. The maximum Gasteiger partial charge on any atom is 0.0868 e. The normalized spacial score (nSPS) is 46.2. The molecule has 1 N–H and O–H groups in total. The molecule has 0 spiro atoms. The molecule has 1 heteroatoms. The molecule has 62 valence electrons. The monoisotopic (exact) mass is 152 g/mol. The first-order valence-electron chi connectivity index (χ1n) is 4.35. The van der Waals surface area contributed by atoms with Gasteiger partial charge in [0.15, 0.2) is 0 Å². The molecule has 0 saturated heterocycles. The number of rotatable bonds is 0. The molecule has 0 aromatic rings. The average molecular weight is 152 g/mol. The molecule has 2 unspecified atom stereocenters. The van der Waals surface area contributed by atoms with Gasteiger partial charge in [-0.15, -0.1) is 0 Å². The van der Waals surface area contributed by atoms with Crippen molar-refractivity contribution in [2.24, 2.45) is 11.3 Å². The van der Waals surface area contributed by atoms with Gasteiger partial charge in [-0.1, -0.05) is 25.5 Å². The lowest BCUT2D eigenvalue weighted by Gasteiger charge is -2.30. The molecule has 1 nitrogen and oxygen atoms in total. The third-order valence-electron chi connectivity index (χ3n) is 3.15. The van der Waals surface area contributed by atoms with E-state index in [0.29, 0.717) is 11.3 Å². The number of hydrogen-bond acceptors (Lipinski definition) is 1. The number of fused-ring (bicyclic) bond motifs is 1. The highest BCUT2D eigenvalue weighted by Gasteiger charge is 2.60. The molecule has 0 aliphatic heterocycles. The van der Waals surface area contributed by atoms with Gasteiger partial charge in [0.2, 0.25) is 0 Å². The Labute approximate surface area is 68.1 Å². The molecular weight excluding hydrogens is 136 g/mol. The highest BCUT2D eigenvalue weighted by molar-refractivity contribution is 5.29. The third kappa shape index (κ3) is 0.943. The van der Waals surface area contributed by atoms with Gasteiger partial charge in [0, 0.05) is 0 Å². The number of allylic oxidation sites excluding steroid dienone is 1. The first-order valence-corrected chi connectivity index (χ1v) is 4.35. The minimum atomic E-state index is -0.411. The van der Waals surface area contributed by atoms with Crippen LogP contribution in [-0.4, -0.2) is 10.7 Å². The summed E-state index contributed by atoms with van der Waals surface area (Å²) >= 11 is 0. The van der Waals surface area contributed by atoms with Crippen LogP contribution >= 0.6 is 0 Å². The van der Waals surface area contributed by atoms with Crippen molar-refractivity contribution in [3.63, 3.8) is 0 Å². The summed E-state index contributed by atoms with van der Waals surface area (Å²) in [5, 5.41) is 9.88. The maximum absolute atomic E-state index is 9.88. The lowest BCUT2D eigenvalue weighted by Crippen LogP contribution is -2.26. The van der Waals surface area contributed by atoms with Crippen molar-refractivity contribution < 1.29 is 5.11 Å². The van der Waals surface area contributed by atoms with Crippen LogP contribution in [0.25, 0.3) is 0 Å². The minimum absolute atomic E-state index is 0.327. The van der Waals surface area contributed by atoms with Crippen LogP contribution in [0.1, 0.15) is 33.6 Å². The Bertz CT molecular complexity index is 227. The lowest BCUT2D eigenvalue weighted by atomic mass is 9.76. The van der Waals surface area contributed by atoms with Gasteiger partial charge in [-0.2, -0.15) is 0 Å². The number of aliphatic hydroxyl groups is 1. The largest absolute Gasteiger partial charge is 0.385 e. The molecule has 0 aromatic carbocycles. The van der Waals surface area contributed by atoms with Gasteiger partial charge >= 0.3 is 0 Å². The Morgan fingerprint density at radius 2 is 2.18 bits per heavy atom. The van der Waals surface area contributed by atoms with Crippen LogP contribution in [0, 0.1) is 11.3 Å². The second kappa shape index (κ2) is 1.71. The van der Waals surface area contributed by atoms with E-state index in [4.69, 9.17) is 0 Å². The summed E-state index contributed by atoms with van der Waals surface area (Å²) in [6.07, 6.45) is 4.19. The Kier molecular flexibility index (Phi) is 1.15. The van der Waals surface area contributed by atoms with Gasteiger partial charge in [0.25, 0.3) is 0 Å². The SMILES string of the molecule is CC1=CC2(O)CC2C(C)(C)C1. The molecule has 2 atom stereocenters. The van der Waals surface area contributed by atoms with Crippen molar-refractivity contribution in [3.05, 3.63) is 11.6 Å². The summed E-state index contributed by atoms with van der Waals surface area (Å²) in [5.41, 5.74) is 1.27. The third-order valence-corrected chi connectivity index (χ3v) is 3.15. The predicted molar refractivity (Wildman–Crippen MR) is 45.2 cm³/mol. The van der Waals surface area contributed by atoms with Crippen molar-refractivity contribution in [1.29, 1.82) is 0 Å². The summed E-state index contributed by atoms with van der Waals surface area (Å²) in [6, 6.07) is 0. The lowest BCUT2D eigenvalue weighted by molar-refractivity contribution is 0.126. The average Bonchev–Trinajstić information content (AvgIpc) is 2.37. The second-order valence-corrected chi connectivity index (χ2v) is 4.90. The van der Waals surface area contributed by atoms with Gasteiger partial charge in [0.1, 0.15) is 0 Å². The van der Waals surface area contributed by atoms with E-state index in [2.05, 4.69) is 26.8 Å². The Hall–Kier alpha value is -0.300. The predicted octanol–water partition coefficient (Wildman–Crippen LogP) is 2.11. The Morgan fingerprint density at radius 1 is 1.55 bits per heavy atom. The highest BCUT2D eigenvalue weighted by atomic mass is 16.3. The summed E-state index contributed by atoms with van der Waals surface area (Å²) in [5.74, 6) is 0.527. The Balaban J connectivity index is 2.33. The van der Waals surface area contributed by atoms with Crippen LogP contribution in [-0.2, 0) is 0 Å². The number of hydrogen-bond donors (Lipinski definition) is 1. The van der Waals surface area contributed by atoms with Gasteiger partial charge in [0.05, 0.1) is 5.60 Å². The van der Waals surface area contributed by atoms with Crippen LogP contribution in [0.4, 0.5) is 0 Å². The fourth-order valence-corrected chi connectivity index (χ4v) is 2.70. The summed E-state index contributed by atoms with van der Waals surface area (Å²) in [6.45, 7) is 6.63. The molecule has 0 amide bonds. The molecule has 0 bridgehead atoms. The summed E-state index contributed by atoms with van der Waals surface area (Å²) in [7, 11) is 0. The fourth-order valence-electron chi connectivity index (χ4n) is 2.70. The van der Waals surface area contributed by atoms with E-state index in [1.54, 1.807) is 0 Å². The Morgan fingerprint density at radius 3 is 2.73 bits per heavy atom. The highest BCUT2D eigenvalue weighted by Crippen LogP contribution is 2.60.